The lowest BCUT2D eigenvalue weighted by Gasteiger charge is -2.57. The monoisotopic (exact) mass is 666 g/mol. The Balaban J connectivity index is 1.23. The van der Waals surface area contributed by atoms with E-state index in [-0.39, 0.29) is 22.3 Å². The van der Waals surface area contributed by atoms with Crippen LogP contribution in [0.15, 0.2) is 54.6 Å². The van der Waals surface area contributed by atoms with Crippen LogP contribution >= 0.6 is 0 Å². The summed E-state index contributed by atoms with van der Waals surface area (Å²) in [5, 5.41) is 23.1. The van der Waals surface area contributed by atoms with Crippen molar-refractivity contribution in [3.63, 3.8) is 0 Å². The van der Waals surface area contributed by atoms with Gasteiger partial charge in [0.1, 0.15) is 34.5 Å². The number of hydrogen-bond acceptors (Lipinski definition) is 6. The lowest BCUT2D eigenvalue weighted by atomic mass is 9.47. The van der Waals surface area contributed by atoms with Crippen LogP contribution in [0.1, 0.15) is 93.7 Å². The highest BCUT2D eigenvalue weighted by atomic mass is 16.5. The van der Waals surface area contributed by atoms with Crippen LogP contribution in [-0.2, 0) is 10.8 Å². The number of ether oxygens (including phenoxy) is 2. The van der Waals surface area contributed by atoms with E-state index >= 15 is 0 Å². The van der Waals surface area contributed by atoms with Crippen molar-refractivity contribution in [1.82, 2.24) is 0 Å². The number of nitrogens with two attached hydrogens (primary N) is 2. The Bertz CT molecular complexity index is 2040. The third kappa shape index (κ3) is 4.61. The molecule has 0 spiro atoms. The molecule has 0 unspecified atom stereocenters. The van der Waals surface area contributed by atoms with Gasteiger partial charge >= 0.3 is 0 Å². The zero-order valence-corrected chi connectivity index (χ0v) is 28.6. The number of phenols is 2. The second-order valence-electron chi connectivity index (χ2n) is 17.4. The van der Waals surface area contributed by atoms with Gasteiger partial charge in [-0.2, -0.15) is 0 Å². The van der Waals surface area contributed by atoms with E-state index in [2.05, 4.69) is 24.1 Å². The first kappa shape index (κ1) is 30.3. The quantitative estimate of drug-likeness (QED) is 0.0926. The molecule has 4 aromatic carbocycles. The maximum Gasteiger partial charge on any atom is 0.142 e. The van der Waals surface area contributed by atoms with Crippen molar-refractivity contribution >= 4 is 22.1 Å². The third-order valence-corrected chi connectivity index (χ3v) is 14.0. The summed E-state index contributed by atoms with van der Waals surface area (Å²) in [6.45, 7) is 0. The highest BCUT2D eigenvalue weighted by Gasteiger charge is 2.55. The summed E-state index contributed by atoms with van der Waals surface area (Å²) in [4.78, 5) is 0. The van der Waals surface area contributed by atoms with Gasteiger partial charge in [0.25, 0.3) is 0 Å². The van der Waals surface area contributed by atoms with Crippen LogP contribution in [0, 0.1) is 47.9 Å². The van der Waals surface area contributed by atoms with E-state index in [4.69, 9.17) is 27.4 Å². The fourth-order valence-corrected chi connectivity index (χ4v) is 13.0. The maximum absolute atomic E-state index is 10.6. The van der Waals surface area contributed by atoms with Crippen LogP contribution in [-0.4, -0.2) is 10.2 Å². The van der Waals surface area contributed by atoms with Gasteiger partial charge in [-0.1, -0.05) is 18.1 Å². The molecule has 8 aliphatic rings. The van der Waals surface area contributed by atoms with Crippen molar-refractivity contribution in [3.8, 4) is 46.8 Å². The lowest BCUT2D eigenvalue weighted by molar-refractivity contribution is -0.00626. The molecule has 8 saturated carbocycles. The Morgan fingerprint density at radius 1 is 0.580 bits per heavy atom. The van der Waals surface area contributed by atoms with E-state index in [0.29, 0.717) is 40.6 Å². The number of rotatable bonds is 6. The smallest absolute Gasteiger partial charge is 0.142 e. The van der Waals surface area contributed by atoms with Crippen LogP contribution < -0.4 is 20.9 Å². The van der Waals surface area contributed by atoms with Gasteiger partial charge in [-0.15, -0.1) is 6.42 Å². The van der Waals surface area contributed by atoms with Gasteiger partial charge in [-0.3, -0.25) is 0 Å². The first-order chi connectivity index (χ1) is 24.2. The summed E-state index contributed by atoms with van der Waals surface area (Å²) in [5.41, 5.74) is 15.9. The molecule has 6 nitrogen and oxygen atoms in total. The van der Waals surface area contributed by atoms with Crippen molar-refractivity contribution in [2.24, 2.45) is 35.5 Å². The Morgan fingerprint density at radius 3 is 1.50 bits per heavy atom. The molecule has 50 heavy (non-hydrogen) atoms. The van der Waals surface area contributed by atoms with Crippen molar-refractivity contribution in [3.05, 3.63) is 71.3 Å². The number of aromatic hydroxyl groups is 2. The minimum atomic E-state index is -0.0573. The van der Waals surface area contributed by atoms with E-state index < -0.39 is 0 Å². The molecule has 4 aromatic rings. The summed E-state index contributed by atoms with van der Waals surface area (Å²) in [7, 11) is 0. The van der Waals surface area contributed by atoms with E-state index in [1.807, 2.05) is 12.1 Å². The Labute approximate surface area is 294 Å². The topological polar surface area (TPSA) is 111 Å². The molecule has 0 atom stereocenters. The standard InChI is InChI=1S/C44H46N2O4/c1-2-30-15-34-33(42(50-32-4-8-37(46)39(48)17-32)40(30)44-21-27-12-28(22-44)14-29(13-27)23-44)5-6-35(41(34)49-31-3-7-36(45)38(47)16-31)43-18-24-9-25(19-43)11-26(10-24)20-43/h1,3-8,15-17,24-29,47-48H,9-14,18-23,45-46H2. The zero-order chi connectivity index (χ0) is 33.9. The van der Waals surface area contributed by atoms with Gasteiger partial charge < -0.3 is 31.2 Å². The molecule has 12 rings (SSSR count). The molecule has 6 N–H and O–H groups in total. The van der Waals surface area contributed by atoms with Crippen molar-refractivity contribution in [1.29, 1.82) is 0 Å². The Kier molecular flexibility index (Phi) is 6.52. The highest BCUT2D eigenvalue weighted by Crippen LogP contribution is 2.65. The predicted octanol–water partition coefficient (Wildman–Crippen LogP) is 9.92. The maximum atomic E-state index is 10.6. The predicted molar refractivity (Wildman–Crippen MR) is 197 cm³/mol. The number of benzene rings is 4. The lowest BCUT2D eigenvalue weighted by Crippen LogP contribution is -2.49. The average Bonchev–Trinajstić information content (AvgIpc) is 3.06. The van der Waals surface area contributed by atoms with Gasteiger partial charge in [-0.05, 0) is 148 Å². The molecule has 0 heterocycles. The first-order valence-electron chi connectivity index (χ1n) is 18.8. The molecule has 0 aliphatic heterocycles. The second kappa shape index (κ2) is 10.8. The van der Waals surface area contributed by atoms with Gasteiger partial charge in [0.15, 0.2) is 0 Å². The molecule has 0 radical (unpaired) electrons. The Hall–Kier alpha value is -4.50. The number of terminal acetylenes is 1. The summed E-state index contributed by atoms with van der Waals surface area (Å²) < 4.78 is 14.0. The summed E-state index contributed by atoms with van der Waals surface area (Å²) in [5.74, 6) is 10.2. The van der Waals surface area contributed by atoms with E-state index in [1.54, 1.807) is 24.3 Å². The summed E-state index contributed by atoms with van der Waals surface area (Å²) in [6, 6.07) is 17.0. The molecular formula is C44H46N2O4. The van der Waals surface area contributed by atoms with Crippen LogP contribution in [0.25, 0.3) is 10.8 Å². The highest BCUT2D eigenvalue weighted by molar-refractivity contribution is 5.98. The molecule has 8 fully saturated rings. The number of fused-ring (bicyclic) bond motifs is 1. The third-order valence-electron chi connectivity index (χ3n) is 14.0. The number of anilines is 2. The minimum absolute atomic E-state index is 0.000289. The largest absolute Gasteiger partial charge is 0.506 e. The van der Waals surface area contributed by atoms with Crippen molar-refractivity contribution in [2.45, 2.75) is 87.9 Å². The van der Waals surface area contributed by atoms with Gasteiger partial charge in [0.05, 0.1) is 11.4 Å². The molecule has 256 valence electrons. The second-order valence-corrected chi connectivity index (χ2v) is 17.4. The minimum Gasteiger partial charge on any atom is -0.506 e. The molecule has 0 amide bonds. The SMILES string of the molecule is C#Cc1cc2c(Oc3ccc(N)c(O)c3)c(C34CC5CC(CC(C5)C3)C4)ccc2c(Oc2ccc(N)c(O)c2)c1C12CC3CC(CC(C3)C1)C2. The van der Waals surface area contributed by atoms with Crippen LogP contribution in [0.5, 0.6) is 34.5 Å². The molecule has 6 heteroatoms. The van der Waals surface area contributed by atoms with E-state index in [0.717, 1.165) is 70.4 Å². The molecule has 0 aromatic heterocycles. The van der Waals surface area contributed by atoms with E-state index in [1.165, 1.54) is 63.4 Å². The number of hydrogen-bond donors (Lipinski definition) is 4. The fraction of sp³-hybridized carbons (Fsp3) is 0.455. The first-order valence-corrected chi connectivity index (χ1v) is 18.8. The number of phenolic OH excluding ortho intramolecular Hbond substituents is 2. The summed E-state index contributed by atoms with van der Waals surface area (Å²) >= 11 is 0. The van der Waals surface area contributed by atoms with Crippen molar-refractivity contribution < 1.29 is 19.7 Å². The van der Waals surface area contributed by atoms with Crippen LogP contribution in [0.4, 0.5) is 11.4 Å². The Morgan fingerprint density at radius 2 is 1.04 bits per heavy atom. The summed E-state index contributed by atoms with van der Waals surface area (Å²) in [6.07, 6.45) is 21.4. The van der Waals surface area contributed by atoms with Crippen molar-refractivity contribution in [2.75, 3.05) is 11.5 Å². The normalized spacial score (nSPS) is 33.1. The molecule has 8 bridgehead atoms. The van der Waals surface area contributed by atoms with Gasteiger partial charge in [-0.25, -0.2) is 0 Å². The van der Waals surface area contributed by atoms with Crippen LogP contribution in [0.3, 0.4) is 0 Å². The van der Waals surface area contributed by atoms with E-state index in [9.17, 15) is 10.2 Å². The fourth-order valence-electron chi connectivity index (χ4n) is 13.0. The van der Waals surface area contributed by atoms with Gasteiger partial charge in [0.2, 0.25) is 0 Å². The molecular weight excluding hydrogens is 620 g/mol. The molecule has 8 aliphatic carbocycles. The molecule has 0 saturated heterocycles. The van der Waals surface area contributed by atoms with Gasteiger partial charge in [0, 0.05) is 45.0 Å². The zero-order valence-electron chi connectivity index (χ0n) is 28.6. The average molecular weight is 667 g/mol. The number of nitrogen functional groups attached to an aromatic ring is 2. The van der Waals surface area contributed by atoms with Crippen LogP contribution in [0.2, 0.25) is 0 Å².